The fourth-order valence-corrected chi connectivity index (χ4v) is 1.90. The van der Waals surface area contributed by atoms with Crippen LogP contribution in [-0.2, 0) is 0 Å². The molecule has 0 saturated carbocycles. The first-order valence-corrected chi connectivity index (χ1v) is 5.88. The largest absolute Gasteiger partial charge is 0.388 e. The van der Waals surface area contributed by atoms with Crippen molar-refractivity contribution in [2.75, 3.05) is 0 Å². The van der Waals surface area contributed by atoms with Gasteiger partial charge in [-0.15, -0.1) is 0 Å². The van der Waals surface area contributed by atoms with Crippen LogP contribution in [0.2, 0.25) is 0 Å². The molecule has 2 unspecified atom stereocenters. The Balaban J connectivity index is 2.03. The highest BCUT2D eigenvalue weighted by atomic mass is 16.3. The molecule has 1 aromatic carbocycles. The van der Waals surface area contributed by atoms with Crippen molar-refractivity contribution in [3.63, 3.8) is 0 Å². The number of rotatable bonds is 4. The van der Waals surface area contributed by atoms with Crippen molar-refractivity contribution in [2.24, 2.45) is 0 Å². The second kappa shape index (κ2) is 5.48. The molecular weight excluding hydrogens is 226 g/mol. The fraction of sp³-hybridized carbons (Fsp3) is 0.286. The molecule has 0 radical (unpaired) electrons. The van der Waals surface area contributed by atoms with Gasteiger partial charge in [-0.1, -0.05) is 37.3 Å². The van der Waals surface area contributed by atoms with Crippen LogP contribution >= 0.6 is 0 Å². The highest BCUT2D eigenvalue weighted by molar-refractivity contribution is 5.20. The van der Waals surface area contributed by atoms with E-state index in [2.05, 4.69) is 9.97 Å². The minimum Gasteiger partial charge on any atom is -0.388 e. The monoisotopic (exact) mass is 241 g/mol. The summed E-state index contributed by atoms with van der Waals surface area (Å²) in [5.74, 6) is 0.809. The second-order valence-corrected chi connectivity index (χ2v) is 4.36. The van der Waals surface area contributed by atoms with Crippen molar-refractivity contribution in [2.45, 2.75) is 25.4 Å². The van der Waals surface area contributed by atoms with Gasteiger partial charge in [0.05, 0.1) is 12.3 Å². The molecular formula is C14H15N3O. The molecule has 2 N–H and O–H groups in total. The molecule has 2 rings (SSSR count). The van der Waals surface area contributed by atoms with Crippen LogP contribution in [0.5, 0.6) is 0 Å². The van der Waals surface area contributed by atoms with Crippen molar-refractivity contribution >= 4 is 0 Å². The topological polar surface area (TPSA) is 72.7 Å². The van der Waals surface area contributed by atoms with Crippen LogP contribution in [0.4, 0.5) is 0 Å². The zero-order valence-corrected chi connectivity index (χ0v) is 10.2. The molecule has 0 aliphatic heterocycles. The van der Waals surface area contributed by atoms with Gasteiger partial charge in [0.25, 0.3) is 0 Å². The van der Waals surface area contributed by atoms with Crippen LogP contribution in [0.3, 0.4) is 0 Å². The summed E-state index contributed by atoms with van der Waals surface area (Å²) >= 11 is 0. The molecule has 92 valence electrons. The Labute approximate surface area is 106 Å². The molecule has 1 aromatic heterocycles. The zero-order chi connectivity index (χ0) is 13.0. The van der Waals surface area contributed by atoms with E-state index in [1.807, 2.05) is 43.3 Å². The number of nitrogens with zero attached hydrogens (tertiary/aromatic N) is 2. The molecule has 0 fully saturated rings. The summed E-state index contributed by atoms with van der Waals surface area (Å²) in [6.45, 7) is 1.98. The van der Waals surface area contributed by atoms with Crippen LogP contribution < -0.4 is 0 Å². The molecule has 2 aromatic rings. The zero-order valence-electron chi connectivity index (χ0n) is 10.2. The van der Waals surface area contributed by atoms with Gasteiger partial charge in [-0.25, -0.2) is 4.98 Å². The van der Waals surface area contributed by atoms with Crippen molar-refractivity contribution in [3.05, 3.63) is 53.6 Å². The number of hydrogen-bond acceptors (Lipinski definition) is 3. The second-order valence-electron chi connectivity index (χ2n) is 4.36. The SMILES string of the molecule is CC(CC(O)c1ccccc1)c1ncc(C#N)[nH]1. The lowest BCUT2D eigenvalue weighted by atomic mass is 9.98. The summed E-state index contributed by atoms with van der Waals surface area (Å²) in [4.78, 5) is 7.08. The molecule has 0 amide bonds. The number of hydrogen-bond donors (Lipinski definition) is 2. The molecule has 4 nitrogen and oxygen atoms in total. The van der Waals surface area contributed by atoms with Crippen LogP contribution in [-0.4, -0.2) is 15.1 Å². The Morgan fingerprint density at radius 1 is 1.39 bits per heavy atom. The first-order valence-electron chi connectivity index (χ1n) is 5.88. The van der Waals surface area contributed by atoms with E-state index in [1.54, 1.807) is 0 Å². The van der Waals surface area contributed by atoms with Crippen molar-refractivity contribution < 1.29 is 5.11 Å². The first kappa shape index (κ1) is 12.3. The van der Waals surface area contributed by atoms with Crippen LogP contribution in [0.25, 0.3) is 0 Å². The first-order chi connectivity index (χ1) is 8.70. The Morgan fingerprint density at radius 2 is 2.11 bits per heavy atom. The van der Waals surface area contributed by atoms with Crippen molar-refractivity contribution in [1.29, 1.82) is 5.26 Å². The number of aromatic amines is 1. The van der Waals surface area contributed by atoms with Gasteiger partial charge in [-0.2, -0.15) is 5.26 Å². The number of H-pyrrole nitrogens is 1. The number of aliphatic hydroxyl groups is 1. The van der Waals surface area contributed by atoms with Crippen LogP contribution in [0.1, 0.15) is 42.4 Å². The van der Waals surface area contributed by atoms with E-state index in [-0.39, 0.29) is 5.92 Å². The summed E-state index contributed by atoms with van der Waals surface area (Å²) in [6, 6.07) is 11.5. The van der Waals surface area contributed by atoms with Gasteiger partial charge < -0.3 is 10.1 Å². The predicted octanol–water partition coefficient (Wildman–Crippen LogP) is 2.51. The lowest BCUT2D eigenvalue weighted by Gasteiger charge is -2.15. The van der Waals surface area contributed by atoms with E-state index in [0.29, 0.717) is 12.1 Å². The third-order valence-corrected chi connectivity index (χ3v) is 2.94. The Morgan fingerprint density at radius 3 is 2.72 bits per heavy atom. The maximum absolute atomic E-state index is 10.1. The molecule has 0 bridgehead atoms. The van der Waals surface area contributed by atoms with E-state index in [4.69, 9.17) is 5.26 Å². The van der Waals surface area contributed by atoms with E-state index in [9.17, 15) is 5.11 Å². The van der Waals surface area contributed by atoms with Crippen LogP contribution in [0.15, 0.2) is 36.5 Å². The minimum absolute atomic E-state index is 0.0716. The van der Waals surface area contributed by atoms with Gasteiger partial charge in [0, 0.05) is 5.92 Å². The van der Waals surface area contributed by atoms with Gasteiger partial charge in [-0.3, -0.25) is 0 Å². The Kier molecular flexibility index (Phi) is 3.75. The maximum atomic E-state index is 10.1. The molecule has 4 heteroatoms. The Hall–Kier alpha value is -2.12. The lowest BCUT2D eigenvalue weighted by molar-refractivity contribution is 0.158. The summed E-state index contributed by atoms with van der Waals surface area (Å²) in [6.07, 6.45) is 1.57. The third-order valence-electron chi connectivity index (χ3n) is 2.94. The molecule has 18 heavy (non-hydrogen) atoms. The van der Waals surface area contributed by atoms with E-state index < -0.39 is 6.10 Å². The third kappa shape index (κ3) is 2.76. The van der Waals surface area contributed by atoms with Gasteiger partial charge in [-0.05, 0) is 12.0 Å². The summed E-state index contributed by atoms with van der Waals surface area (Å²) < 4.78 is 0. The average molecular weight is 241 g/mol. The summed E-state index contributed by atoms with van der Waals surface area (Å²) in [5, 5.41) is 18.8. The number of imidazole rings is 1. The highest BCUT2D eigenvalue weighted by Crippen LogP contribution is 2.26. The summed E-state index contributed by atoms with van der Waals surface area (Å²) in [5.41, 5.74) is 1.35. The number of aromatic nitrogens is 2. The van der Waals surface area contributed by atoms with Gasteiger partial charge in [0.1, 0.15) is 17.6 Å². The quantitative estimate of drug-likeness (QED) is 0.863. The van der Waals surface area contributed by atoms with Crippen molar-refractivity contribution in [3.8, 4) is 6.07 Å². The molecule has 0 aliphatic rings. The molecule has 0 saturated heterocycles. The number of nitrogens with one attached hydrogen (secondary N) is 1. The van der Waals surface area contributed by atoms with Gasteiger partial charge >= 0.3 is 0 Å². The number of aliphatic hydroxyl groups excluding tert-OH is 1. The van der Waals surface area contributed by atoms with Crippen molar-refractivity contribution in [1.82, 2.24) is 9.97 Å². The van der Waals surface area contributed by atoms with Gasteiger partial charge in [0.2, 0.25) is 0 Å². The standard InChI is InChI=1S/C14H15N3O/c1-10(14-16-9-12(8-15)17-14)7-13(18)11-5-3-2-4-6-11/h2-6,9-10,13,18H,7H2,1H3,(H,16,17). The van der Waals surface area contributed by atoms with E-state index >= 15 is 0 Å². The molecule has 2 atom stereocenters. The average Bonchev–Trinajstić information content (AvgIpc) is 2.88. The fourth-order valence-electron chi connectivity index (χ4n) is 1.90. The maximum Gasteiger partial charge on any atom is 0.137 e. The van der Waals surface area contributed by atoms with Gasteiger partial charge in [0.15, 0.2) is 0 Å². The molecule has 1 heterocycles. The normalized spacial score (nSPS) is 13.8. The molecule has 0 spiro atoms. The van der Waals surface area contributed by atoms with E-state index in [1.165, 1.54) is 6.20 Å². The Bertz CT molecular complexity index is 542. The molecule has 0 aliphatic carbocycles. The number of nitriles is 1. The smallest absolute Gasteiger partial charge is 0.137 e. The van der Waals surface area contributed by atoms with Crippen LogP contribution in [0, 0.1) is 11.3 Å². The summed E-state index contributed by atoms with van der Waals surface area (Å²) in [7, 11) is 0. The lowest BCUT2D eigenvalue weighted by Crippen LogP contribution is -2.05. The number of benzene rings is 1. The highest BCUT2D eigenvalue weighted by Gasteiger charge is 2.16. The minimum atomic E-state index is -0.517. The van der Waals surface area contributed by atoms with E-state index in [0.717, 1.165) is 11.4 Å². The predicted molar refractivity (Wildman–Crippen MR) is 67.7 cm³/mol.